The molecule has 3 saturated heterocycles. The van der Waals surface area contributed by atoms with Crippen molar-refractivity contribution in [1.29, 1.82) is 0 Å². The molecule has 7 atom stereocenters. The molecule has 270 valence electrons. The Morgan fingerprint density at radius 1 is 0.860 bits per heavy atom. The van der Waals surface area contributed by atoms with E-state index in [1.807, 2.05) is 77.4 Å². The fraction of sp³-hybridized carbons (Fsp3) is 0.541. The van der Waals surface area contributed by atoms with Gasteiger partial charge in [0.2, 0.25) is 29.5 Å². The molecule has 3 aliphatic heterocycles. The number of likely N-dealkylation sites (tertiary alicyclic amines) is 3. The number of nitrogens with two attached hydrogens (primary N) is 3. The predicted molar refractivity (Wildman–Crippen MR) is 189 cm³/mol. The lowest BCUT2D eigenvalue weighted by atomic mass is 10.0. The molecular weight excluding hydrogens is 636 g/mol. The molecule has 13 nitrogen and oxygen atoms in total. The molecule has 50 heavy (non-hydrogen) atoms. The summed E-state index contributed by atoms with van der Waals surface area (Å²) in [6.07, 6.45) is 2.73. The van der Waals surface area contributed by atoms with Crippen molar-refractivity contribution >= 4 is 29.5 Å². The smallest absolute Gasteiger partial charge is 0.246 e. The molecule has 8 N–H and O–H groups in total. The second-order valence-electron chi connectivity index (χ2n) is 14.2. The maximum Gasteiger partial charge on any atom is 0.246 e. The number of rotatable bonds is 16. The molecule has 3 aliphatic rings. The molecular formula is C37H52N8O5. The van der Waals surface area contributed by atoms with Crippen LogP contribution in [0.2, 0.25) is 0 Å². The van der Waals surface area contributed by atoms with Gasteiger partial charge in [-0.1, -0.05) is 60.7 Å². The van der Waals surface area contributed by atoms with Crippen LogP contribution in [-0.4, -0.2) is 114 Å². The van der Waals surface area contributed by atoms with E-state index in [9.17, 15) is 24.0 Å². The summed E-state index contributed by atoms with van der Waals surface area (Å²) in [4.78, 5) is 72.3. The molecule has 3 fully saturated rings. The second kappa shape index (κ2) is 17.1. The van der Waals surface area contributed by atoms with Gasteiger partial charge in [-0.05, 0) is 68.5 Å². The van der Waals surface area contributed by atoms with E-state index in [4.69, 9.17) is 17.2 Å². The van der Waals surface area contributed by atoms with Crippen LogP contribution in [-0.2, 0) is 36.8 Å². The van der Waals surface area contributed by atoms with E-state index in [2.05, 4.69) is 10.6 Å². The van der Waals surface area contributed by atoms with Crippen LogP contribution >= 0.6 is 0 Å². The van der Waals surface area contributed by atoms with Gasteiger partial charge in [-0.15, -0.1) is 0 Å². The number of unbranched alkanes of at least 4 members (excludes halogenated alkanes) is 1. The molecule has 0 radical (unpaired) electrons. The van der Waals surface area contributed by atoms with E-state index in [1.54, 1.807) is 4.90 Å². The summed E-state index contributed by atoms with van der Waals surface area (Å²) in [6.45, 7) is 5.15. The Labute approximate surface area is 294 Å². The zero-order chi connectivity index (χ0) is 35.8. The topological polar surface area (TPSA) is 197 Å². The quantitative estimate of drug-likeness (QED) is 0.149. The van der Waals surface area contributed by atoms with Gasteiger partial charge in [-0.25, -0.2) is 0 Å². The lowest BCUT2D eigenvalue weighted by Gasteiger charge is -2.34. The molecule has 2 aromatic carbocycles. The highest BCUT2D eigenvalue weighted by Gasteiger charge is 2.48. The van der Waals surface area contributed by atoms with Gasteiger partial charge in [0, 0.05) is 38.6 Å². The molecule has 0 aromatic heterocycles. The summed E-state index contributed by atoms with van der Waals surface area (Å²) in [6, 6.07) is 15.1. The molecule has 3 heterocycles. The average molecular weight is 689 g/mol. The van der Waals surface area contributed by atoms with Crippen LogP contribution in [0.4, 0.5) is 0 Å². The first-order valence-corrected chi connectivity index (χ1v) is 17.8. The summed E-state index contributed by atoms with van der Waals surface area (Å²) in [5.41, 5.74) is 19.2. The molecule has 0 saturated carbocycles. The third kappa shape index (κ3) is 9.26. The van der Waals surface area contributed by atoms with Crippen LogP contribution in [0.1, 0.15) is 43.7 Å². The molecule has 0 spiro atoms. The van der Waals surface area contributed by atoms with E-state index in [0.29, 0.717) is 58.4 Å². The van der Waals surface area contributed by atoms with E-state index in [1.165, 1.54) is 0 Å². The summed E-state index contributed by atoms with van der Waals surface area (Å²) >= 11 is 0. The van der Waals surface area contributed by atoms with E-state index < -0.39 is 36.0 Å². The van der Waals surface area contributed by atoms with Crippen molar-refractivity contribution in [1.82, 2.24) is 25.3 Å². The third-order valence-corrected chi connectivity index (χ3v) is 10.3. The molecule has 7 unspecified atom stereocenters. The van der Waals surface area contributed by atoms with Crippen LogP contribution in [0.25, 0.3) is 0 Å². The van der Waals surface area contributed by atoms with Crippen LogP contribution in [0, 0.1) is 11.8 Å². The van der Waals surface area contributed by atoms with Gasteiger partial charge in [0.05, 0.1) is 12.6 Å². The largest absolute Gasteiger partial charge is 0.369 e. The van der Waals surface area contributed by atoms with Crippen molar-refractivity contribution in [2.75, 3.05) is 39.3 Å². The second-order valence-corrected chi connectivity index (χ2v) is 14.2. The number of amides is 5. The number of nitrogens with zero attached hydrogens (tertiary/aromatic N) is 3. The molecule has 0 bridgehead atoms. The molecule has 0 aliphatic carbocycles. The first-order valence-electron chi connectivity index (χ1n) is 17.8. The summed E-state index contributed by atoms with van der Waals surface area (Å²) < 4.78 is 0. The lowest BCUT2D eigenvalue weighted by molar-refractivity contribution is -0.146. The Balaban J connectivity index is 1.26. The van der Waals surface area contributed by atoms with E-state index in [-0.39, 0.29) is 48.6 Å². The Kier molecular flexibility index (Phi) is 12.6. The SMILES string of the molecule is CC1CC(NC(=O)C(Cc2ccccc2)NC(=O)C(N)Cc2ccccc2)C(=O)N1C(CCCCN)C(=O)N1CC2CN(CC(N)=O)CC2C1. The maximum atomic E-state index is 14.1. The number of nitrogens with one attached hydrogen (secondary N) is 2. The van der Waals surface area contributed by atoms with Gasteiger partial charge in [0.1, 0.15) is 18.1 Å². The summed E-state index contributed by atoms with van der Waals surface area (Å²) in [5.74, 6) is -1.21. The van der Waals surface area contributed by atoms with Gasteiger partial charge >= 0.3 is 0 Å². The van der Waals surface area contributed by atoms with Crippen molar-refractivity contribution in [3.63, 3.8) is 0 Å². The maximum absolute atomic E-state index is 14.1. The predicted octanol–water partition coefficient (Wildman–Crippen LogP) is -0.237. The number of primary amides is 1. The first kappa shape index (κ1) is 36.9. The molecule has 5 rings (SSSR count). The van der Waals surface area contributed by atoms with Crippen LogP contribution in [0.3, 0.4) is 0 Å². The van der Waals surface area contributed by atoms with Gasteiger partial charge < -0.3 is 37.6 Å². The highest BCUT2D eigenvalue weighted by Crippen LogP contribution is 2.33. The number of fused-ring (bicyclic) bond motifs is 1. The van der Waals surface area contributed by atoms with Gasteiger partial charge in [-0.2, -0.15) is 0 Å². The standard InChI is InChI=1S/C37H52N8O5/c1-24-16-31(42-35(48)30(18-26-12-6-3-7-13-26)41-34(47)29(39)17-25-10-4-2-5-11-25)36(49)45(24)32(14-8-9-15-38)37(50)44-21-27-19-43(23-33(40)46)20-28(27)22-44/h2-7,10-13,24,27-32H,8-9,14-23,38-39H2,1H3,(H2,40,46)(H,41,47)(H,42,48). The highest BCUT2D eigenvalue weighted by atomic mass is 16.2. The normalized spacial score (nSPS) is 23.7. The third-order valence-electron chi connectivity index (χ3n) is 10.3. The number of carbonyl (C=O) groups is 5. The van der Waals surface area contributed by atoms with E-state index >= 15 is 0 Å². The minimum absolute atomic E-state index is 0.0910. The van der Waals surface area contributed by atoms with Gasteiger partial charge in [-0.3, -0.25) is 28.9 Å². The van der Waals surface area contributed by atoms with Crippen molar-refractivity contribution in [3.05, 3.63) is 71.8 Å². The Hall–Kier alpha value is -4.33. The van der Waals surface area contributed by atoms with Crippen molar-refractivity contribution in [2.24, 2.45) is 29.0 Å². The number of hydrogen-bond acceptors (Lipinski definition) is 8. The Morgan fingerprint density at radius 2 is 1.46 bits per heavy atom. The Morgan fingerprint density at radius 3 is 2.04 bits per heavy atom. The monoisotopic (exact) mass is 688 g/mol. The van der Waals surface area contributed by atoms with Gasteiger partial charge in [0.15, 0.2) is 0 Å². The Bertz CT molecular complexity index is 1480. The van der Waals surface area contributed by atoms with Crippen molar-refractivity contribution < 1.29 is 24.0 Å². The lowest BCUT2D eigenvalue weighted by Crippen LogP contribution is -2.56. The highest BCUT2D eigenvalue weighted by molar-refractivity contribution is 5.96. The minimum Gasteiger partial charge on any atom is -0.369 e. The average Bonchev–Trinajstić information content (AvgIpc) is 3.74. The molecule has 5 amide bonds. The van der Waals surface area contributed by atoms with Crippen LogP contribution < -0.4 is 27.8 Å². The number of carbonyl (C=O) groups excluding carboxylic acids is 5. The summed E-state index contributed by atoms with van der Waals surface area (Å²) in [7, 11) is 0. The first-order chi connectivity index (χ1) is 24.0. The summed E-state index contributed by atoms with van der Waals surface area (Å²) in [5, 5.41) is 5.75. The van der Waals surface area contributed by atoms with Crippen LogP contribution in [0.5, 0.6) is 0 Å². The zero-order valence-corrected chi connectivity index (χ0v) is 28.9. The van der Waals surface area contributed by atoms with Crippen LogP contribution in [0.15, 0.2) is 60.7 Å². The number of hydrogen-bond donors (Lipinski definition) is 5. The van der Waals surface area contributed by atoms with Crippen molar-refractivity contribution in [2.45, 2.75) is 75.7 Å². The molecule has 2 aromatic rings. The van der Waals surface area contributed by atoms with Gasteiger partial charge in [0.25, 0.3) is 0 Å². The number of benzene rings is 2. The van der Waals surface area contributed by atoms with E-state index in [0.717, 1.165) is 17.5 Å². The fourth-order valence-electron chi connectivity index (χ4n) is 7.80. The minimum atomic E-state index is -0.969. The fourth-order valence-corrected chi connectivity index (χ4v) is 7.80. The zero-order valence-electron chi connectivity index (χ0n) is 28.9. The molecule has 13 heteroatoms. The van der Waals surface area contributed by atoms with Crippen molar-refractivity contribution in [3.8, 4) is 0 Å².